The van der Waals surface area contributed by atoms with Crippen LogP contribution in [0.2, 0.25) is 0 Å². The SMILES string of the molecule is CS(=O)(=O)c1ccc(Nc2nc(CC(=O)N3CCN(C(=O)c4ccco4)CC3)cs2)cc1. The number of carbonyl (C=O) groups is 2. The summed E-state index contributed by atoms with van der Waals surface area (Å²) in [6.45, 7) is 1.84. The van der Waals surface area contributed by atoms with Gasteiger partial charge in [0.1, 0.15) is 0 Å². The fourth-order valence-corrected chi connectivity index (χ4v) is 4.70. The molecule has 1 saturated heterocycles. The molecule has 0 radical (unpaired) electrons. The number of nitrogens with zero attached hydrogens (tertiary/aromatic N) is 3. The molecule has 1 fully saturated rings. The summed E-state index contributed by atoms with van der Waals surface area (Å²) in [4.78, 5) is 33.1. The third-order valence-electron chi connectivity index (χ3n) is 5.07. The molecule has 0 saturated carbocycles. The molecule has 4 rings (SSSR count). The molecule has 1 N–H and O–H groups in total. The third kappa shape index (κ3) is 5.17. The van der Waals surface area contributed by atoms with Crippen LogP contribution in [0.4, 0.5) is 10.8 Å². The van der Waals surface area contributed by atoms with E-state index in [1.54, 1.807) is 34.1 Å². The highest BCUT2D eigenvalue weighted by Crippen LogP contribution is 2.23. The molecular weight excluding hydrogens is 452 g/mol. The van der Waals surface area contributed by atoms with Gasteiger partial charge in [-0.3, -0.25) is 9.59 Å². The van der Waals surface area contributed by atoms with Crippen molar-refractivity contribution in [1.82, 2.24) is 14.8 Å². The van der Waals surface area contributed by atoms with Crippen molar-refractivity contribution in [3.63, 3.8) is 0 Å². The first-order valence-corrected chi connectivity index (χ1v) is 12.7. The van der Waals surface area contributed by atoms with Crippen LogP contribution in [0.25, 0.3) is 0 Å². The molecular formula is C21H22N4O5S2. The molecule has 9 nitrogen and oxygen atoms in total. The summed E-state index contributed by atoms with van der Waals surface area (Å²) in [5.74, 6) is 0.101. The number of piperazine rings is 1. The minimum Gasteiger partial charge on any atom is -0.459 e. The largest absolute Gasteiger partial charge is 0.459 e. The second kappa shape index (κ2) is 9.13. The van der Waals surface area contributed by atoms with Crippen molar-refractivity contribution < 1.29 is 22.4 Å². The number of amides is 2. The van der Waals surface area contributed by atoms with E-state index >= 15 is 0 Å². The molecule has 2 aromatic heterocycles. The van der Waals surface area contributed by atoms with Crippen LogP contribution in [0, 0.1) is 0 Å². The highest BCUT2D eigenvalue weighted by molar-refractivity contribution is 7.90. The molecule has 0 spiro atoms. The minimum atomic E-state index is -3.24. The topological polar surface area (TPSA) is 113 Å². The Kier molecular flexibility index (Phi) is 6.28. The number of thiazole rings is 1. The zero-order chi connectivity index (χ0) is 22.7. The van der Waals surface area contributed by atoms with Crippen molar-refractivity contribution in [2.75, 3.05) is 37.8 Å². The Morgan fingerprint density at radius 1 is 1.09 bits per heavy atom. The molecule has 2 amide bonds. The third-order valence-corrected chi connectivity index (χ3v) is 7.00. The molecule has 11 heteroatoms. The number of nitrogens with one attached hydrogen (secondary N) is 1. The lowest BCUT2D eigenvalue weighted by Gasteiger charge is -2.34. The van der Waals surface area contributed by atoms with E-state index in [1.807, 2.05) is 5.38 Å². The summed E-state index contributed by atoms with van der Waals surface area (Å²) in [6, 6.07) is 9.72. The van der Waals surface area contributed by atoms with Crippen molar-refractivity contribution in [3.8, 4) is 0 Å². The van der Waals surface area contributed by atoms with Gasteiger partial charge in [-0.15, -0.1) is 11.3 Å². The first-order valence-electron chi connectivity index (χ1n) is 9.92. The van der Waals surface area contributed by atoms with Crippen molar-refractivity contribution in [1.29, 1.82) is 0 Å². The number of sulfone groups is 1. The van der Waals surface area contributed by atoms with E-state index in [2.05, 4.69) is 10.3 Å². The molecule has 3 aromatic rings. The van der Waals surface area contributed by atoms with Gasteiger partial charge in [-0.2, -0.15) is 0 Å². The maximum absolute atomic E-state index is 12.7. The van der Waals surface area contributed by atoms with Crippen LogP contribution in [0.15, 0.2) is 57.4 Å². The van der Waals surface area contributed by atoms with Crippen LogP contribution in [0.3, 0.4) is 0 Å². The molecule has 1 aliphatic heterocycles. The maximum atomic E-state index is 12.7. The van der Waals surface area contributed by atoms with Crippen LogP contribution in [0.1, 0.15) is 16.2 Å². The highest BCUT2D eigenvalue weighted by atomic mass is 32.2. The van der Waals surface area contributed by atoms with Gasteiger partial charge < -0.3 is 19.5 Å². The van der Waals surface area contributed by atoms with E-state index in [0.717, 1.165) is 6.26 Å². The minimum absolute atomic E-state index is 0.0375. The molecule has 168 valence electrons. The van der Waals surface area contributed by atoms with Crippen molar-refractivity contribution in [2.24, 2.45) is 0 Å². The Bertz CT molecular complexity index is 1200. The zero-order valence-corrected chi connectivity index (χ0v) is 19.0. The van der Waals surface area contributed by atoms with Gasteiger partial charge in [0.15, 0.2) is 20.7 Å². The van der Waals surface area contributed by atoms with Gasteiger partial charge in [-0.25, -0.2) is 13.4 Å². The molecule has 0 bridgehead atoms. The van der Waals surface area contributed by atoms with E-state index in [1.165, 1.54) is 29.7 Å². The van der Waals surface area contributed by atoms with E-state index in [-0.39, 0.29) is 23.1 Å². The Balaban J connectivity index is 1.29. The lowest BCUT2D eigenvalue weighted by Crippen LogP contribution is -2.50. The average Bonchev–Trinajstić information content (AvgIpc) is 3.46. The lowest BCUT2D eigenvalue weighted by atomic mass is 10.2. The molecule has 1 aromatic carbocycles. The Morgan fingerprint density at radius 2 is 1.78 bits per heavy atom. The van der Waals surface area contributed by atoms with Gasteiger partial charge in [0.05, 0.1) is 23.3 Å². The first kappa shape index (κ1) is 22.0. The molecule has 0 aliphatic carbocycles. The fraction of sp³-hybridized carbons (Fsp3) is 0.286. The summed E-state index contributed by atoms with van der Waals surface area (Å²) < 4.78 is 28.3. The quantitative estimate of drug-likeness (QED) is 0.584. The number of aromatic nitrogens is 1. The highest BCUT2D eigenvalue weighted by Gasteiger charge is 2.26. The first-order chi connectivity index (χ1) is 15.3. The number of hydrogen-bond donors (Lipinski definition) is 1. The number of rotatable bonds is 6. The van der Waals surface area contributed by atoms with Gasteiger partial charge in [0, 0.05) is 43.5 Å². The smallest absolute Gasteiger partial charge is 0.289 e. The average molecular weight is 475 g/mol. The Hall–Kier alpha value is -3.18. The van der Waals surface area contributed by atoms with Crippen LogP contribution in [-0.4, -0.2) is 67.5 Å². The summed E-state index contributed by atoms with van der Waals surface area (Å²) in [5.41, 5.74) is 1.37. The Morgan fingerprint density at radius 3 is 2.41 bits per heavy atom. The van der Waals surface area contributed by atoms with E-state index in [0.29, 0.717) is 48.5 Å². The standard InChI is InChI=1S/C21H22N4O5S2/c1-32(28,29)17-6-4-15(5-7-17)22-21-23-16(14-31-21)13-19(26)24-8-10-25(11-9-24)20(27)18-3-2-12-30-18/h2-7,12,14H,8-11,13H2,1H3,(H,22,23). The van der Waals surface area contributed by atoms with Crippen LogP contribution >= 0.6 is 11.3 Å². The lowest BCUT2D eigenvalue weighted by molar-refractivity contribution is -0.132. The normalized spacial score (nSPS) is 14.4. The fourth-order valence-electron chi connectivity index (χ4n) is 3.34. The number of carbonyl (C=O) groups excluding carboxylic acids is 2. The van der Waals surface area contributed by atoms with Crippen molar-refractivity contribution >= 4 is 43.8 Å². The second-order valence-electron chi connectivity index (χ2n) is 7.39. The summed E-state index contributed by atoms with van der Waals surface area (Å²) in [5, 5.41) is 5.56. The summed E-state index contributed by atoms with van der Waals surface area (Å²) >= 11 is 1.37. The molecule has 0 atom stereocenters. The van der Waals surface area contributed by atoms with Gasteiger partial charge in [-0.05, 0) is 36.4 Å². The van der Waals surface area contributed by atoms with E-state index in [4.69, 9.17) is 4.42 Å². The maximum Gasteiger partial charge on any atom is 0.289 e. The van der Waals surface area contributed by atoms with E-state index in [9.17, 15) is 18.0 Å². The molecule has 3 heterocycles. The monoisotopic (exact) mass is 474 g/mol. The Labute approximate surface area is 189 Å². The van der Waals surface area contributed by atoms with Gasteiger partial charge in [-0.1, -0.05) is 0 Å². The summed E-state index contributed by atoms with van der Waals surface area (Å²) in [6.07, 6.45) is 2.81. The van der Waals surface area contributed by atoms with Crippen LogP contribution < -0.4 is 5.32 Å². The van der Waals surface area contributed by atoms with Crippen molar-refractivity contribution in [3.05, 3.63) is 59.5 Å². The number of anilines is 2. The van der Waals surface area contributed by atoms with Crippen molar-refractivity contribution in [2.45, 2.75) is 11.3 Å². The number of furan rings is 1. The van der Waals surface area contributed by atoms with Gasteiger partial charge in [0.25, 0.3) is 5.91 Å². The van der Waals surface area contributed by atoms with Crippen LogP contribution in [-0.2, 0) is 21.1 Å². The van der Waals surface area contributed by atoms with E-state index < -0.39 is 9.84 Å². The molecule has 0 unspecified atom stereocenters. The predicted octanol–water partition coefficient (Wildman–Crippen LogP) is 2.41. The van der Waals surface area contributed by atoms with Gasteiger partial charge >= 0.3 is 0 Å². The zero-order valence-electron chi connectivity index (χ0n) is 17.4. The molecule has 1 aliphatic rings. The summed E-state index contributed by atoms with van der Waals surface area (Å²) in [7, 11) is -3.24. The second-order valence-corrected chi connectivity index (χ2v) is 10.3. The van der Waals surface area contributed by atoms with Gasteiger partial charge in [0.2, 0.25) is 5.91 Å². The van der Waals surface area contributed by atoms with Crippen LogP contribution in [0.5, 0.6) is 0 Å². The predicted molar refractivity (Wildman–Crippen MR) is 120 cm³/mol. The number of benzene rings is 1. The number of hydrogen-bond acceptors (Lipinski definition) is 8. The molecule has 32 heavy (non-hydrogen) atoms.